The Balaban J connectivity index is 1.63. The summed E-state index contributed by atoms with van der Waals surface area (Å²) in [5.74, 6) is 1.34. The fourth-order valence-electron chi connectivity index (χ4n) is 3.71. The number of hydrogen-bond acceptors (Lipinski definition) is 4. The van der Waals surface area contributed by atoms with Crippen molar-refractivity contribution in [1.82, 2.24) is 4.98 Å². The molecule has 3 aromatic rings. The largest absolute Gasteiger partial charge is 0.441 e. The smallest absolute Gasteiger partial charge is 0.235 e. The lowest BCUT2D eigenvalue weighted by Crippen LogP contribution is -2.44. The predicted molar refractivity (Wildman–Crippen MR) is 116 cm³/mol. The second kappa shape index (κ2) is 8.13. The van der Waals surface area contributed by atoms with Gasteiger partial charge in [-0.3, -0.25) is 4.79 Å². The Kier molecular flexibility index (Phi) is 5.56. The Morgan fingerprint density at radius 3 is 2.48 bits per heavy atom. The molecule has 1 amide bonds. The molecule has 0 bridgehead atoms. The minimum absolute atomic E-state index is 0.0139. The molecule has 0 saturated carbocycles. The fraction of sp³-hybridized carbons (Fsp3) is 0.304. The van der Waals surface area contributed by atoms with Crippen LogP contribution in [-0.2, 0) is 14.9 Å². The first kappa shape index (κ1) is 19.9. The van der Waals surface area contributed by atoms with Crippen molar-refractivity contribution < 1.29 is 13.9 Å². The zero-order valence-electron chi connectivity index (χ0n) is 16.5. The van der Waals surface area contributed by atoms with Crippen LogP contribution >= 0.6 is 15.9 Å². The Hall–Kier alpha value is -2.44. The average molecular weight is 455 g/mol. The Bertz CT molecular complexity index is 1000. The minimum atomic E-state index is -0.606. The number of rotatable bonds is 4. The average Bonchev–Trinajstić information content (AvgIpc) is 3.08. The molecule has 2 aromatic carbocycles. The molecule has 0 spiro atoms. The number of aryl methyl sites for hydroxylation is 2. The molecule has 1 N–H and O–H groups in total. The summed E-state index contributed by atoms with van der Waals surface area (Å²) in [6.07, 6.45) is 1.30. The van der Waals surface area contributed by atoms with Crippen molar-refractivity contribution in [3.63, 3.8) is 0 Å². The van der Waals surface area contributed by atoms with Crippen LogP contribution in [0.1, 0.15) is 29.9 Å². The summed E-state index contributed by atoms with van der Waals surface area (Å²) in [5.41, 5.74) is 2.83. The number of carbonyl (C=O) groups is 1. The van der Waals surface area contributed by atoms with Gasteiger partial charge in [-0.1, -0.05) is 34.1 Å². The van der Waals surface area contributed by atoms with E-state index in [4.69, 9.17) is 9.15 Å². The van der Waals surface area contributed by atoms with E-state index < -0.39 is 5.41 Å². The monoisotopic (exact) mass is 454 g/mol. The van der Waals surface area contributed by atoms with Gasteiger partial charge in [-0.25, -0.2) is 4.98 Å². The van der Waals surface area contributed by atoms with E-state index in [0.29, 0.717) is 31.9 Å². The first-order chi connectivity index (χ1) is 14.0. The highest BCUT2D eigenvalue weighted by Gasteiger charge is 2.41. The second-order valence-electron chi connectivity index (χ2n) is 7.40. The number of amides is 1. The number of carbonyl (C=O) groups excluding carboxylic acids is 1. The van der Waals surface area contributed by atoms with Crippen LogP contribution < -0.4 is 5.32 Å². The van der Waals surface area contributed by atoms with Gasteiger partial charge in [-0.15, -0.1) is 0 Å². The SMILES string of the molecule is Cc1nc(-c2cccc(NC(=O)C3(c4ccc(Br)cc4)CCOCC3)c2)oc1C. The summed E-state index contributed by atoms with van der Waals surface area (Å²) in [6, 6.07) is 15.6. The van der Waals surface area contributed by atoms with Gasteiger partial charge in [0.2, 0.25) is 11.8 Å². The lowest BCUT2D eigenvalue weighted by Gasteiger charge is -2.36. The van der Waals surface area contributed by atoms with Crippen molar-refractivity contribution in [1.29, 1.82) is 0 Å². The molecule has 0 atom stereocenters. The predicted octanol–water partition coefficient (Wildman–Crippen LogP) is 5.41. The Labute approximate surface area is 178 Å². The van der Waals surface area contributed by atoms with E-state index in [2.05, 4.69) is 26.2 Å². The molecule has 1 saturated heterocycles. The number of nitrogens with zero attached hydrogens (tertiary/aromatic N) is 1. The molecule has 6 heteroatoms. The van der Waals surface area contributed by atoms with Crippen molar-refractivity contribution in [3.05, 3.63) is 70.0 Å². The van der Waals surface area contributed by atoms with Crippen LogP contribution in [0.5, 0.6) is 0 Å². The van der Waals surface area contributed by atoms with Gasteiger partial charge >= 0.3 is 0 Å². The maximum Gasteiger partial charge on any atom is 0.235 e. The molecular formula is C23H23BrN2O3. The number of ether oxygens (including phenoxy) is 1. The van der Waals surface area contributed by atoms with E-state index >= 15 is 0 Å². The van der Waals surface area contributed by atoms with Gasteiger partial charge in [0.05, 0.1) is 11.1 Å². The number of nitrogens with one attached hydrogen (secondary N) is 1. The Morgan fingerprint density at radius 1 is 1.10 bits per heavy atom. The van der Waals surface area contributed by atoms with Crippen molar-refractivity contribution >= 4 is 27.5 Å². The molecule has 29 heavy (non-hydrogen) atoms. The molecule has 0 aliphatic carbocycles. The summed E-state index contributed by atoms with van der Waals surface area (Å²) in [5, 5.41) is 3.12. The second-order valence-corrected chi connectivity index (χ2v) is 8.31. The number of anilines is 1. The Morgan fingerprint density at radius 2 is 1.83 bits per heavy atom. The molecule has 0 unspecified atom stereocenters. The standard InChI is InChI=1S/C23H23BrN2O3/c1-15-16(2)29-21(25-15)17-4-3-5-20(14-17)26-22(27)23(10-12-28-13-11-23)18-6-8-19(24)9-7-18/h3-9,14H,10-13H2,1-2H3,(H,26,27). The van der Waals surface area contributed by atoms with Crippen LogP contribution in [0.15, 0.2) is 57.4 Å². The van der Waals surface area contributed by atoms with Crippen molar-refractivity contribution in [3.8, 4) is 11.5 Å². The maximum absolute atomic E-state index is 13.5. The lowest BCUT2D eigenvalue weighted by molar-refractivity contribution is -0.125. The molecule has 1 aliphatic rings. The molecule has 150 valence electrons. The highest BCUT2D eigenvalue weighted by Crippen LogP contribution is 2.37. The topological polar surface area (TPSA) is 64.4 Å². The van der Waals surface area contributed by atoms with E-state index in [1.807, 2.05) is 62.4 Å². The highest BCUT2D eigenvalue weighted by atomic mass is 79.9. The van der Waals surface area contributed by atoms with Gasteiger partial charge < -0.3 is 14.5 Å². The molecule has 5 nitrogen and oxygen atoms in total. The van der Waals surface area contributed by atoms with E-state index in [0.717, 1.165) is 32.7 Å². The number of aromatic nitrogens is 1. The van der Waals surface area contributed by atoms with Crippen LogP contribution in [-0.4, -0.2) is 24.1 Å². The number of hydrogen-bond donors (Lipinski definition) is 1. The molecule has 1 fully saturated rings. The molecule has 1 aliphatic heterocycles. The summed E-state index contributed by atoms with van der Waals surface area (Å²) in [4.78, 5) is 17.9. The zero-order valence-corrected chi connectivity index (χ0v) is 18.1. The third-order valence-corrected chi connectivity index (χ3v) is 6.10. The molecule has 4 rings (SSSR count). The van der Waals surface area contributed by atoms with E-state index in [1.54, 1.807) is 0 Å². The third-order valence-electron chi connectivity index (χ3n) is 5.57. The van der Waals surface area contributed by atoms with Crippen LogP contribution in [0, 0.1) is 13.8 Å². The lowest BCUT2D eigenvalue weighted by atomic mass is 9.73. The summed E-state index contributed by atoms with van der Waals surface area (Å²) < 4.78 is 12.3. The number of oxazole rings is 1. The molecule has 2 heterocycles. The van der Waals surface area contributed by atoms with Gasteiger partial charge in [0, 0.05) is 28.9 Å². The van der Waals surface area contributed by atoms with Gasteiger partial charge in [0.25, 0.3) is 0 Å². The van der Waals surface area contributed by atoms with Gasteiger partial charge in [-0.2, -0.15) is 0 Å². The van der Waals surface area contributed by atoms with Gasteiger partial charge in [0.15, 0.2) is 0 Å². The summed E-state index contributed by atoms with van der Waals surface area (Å²) in [6.45, 7) is 4.95. The number of halogens is 1. The quantitative estimate of drug-likeness (QED) is 0.572. The molecular weight excluding hydrogens is 432 g/mol. The van der Waals surface area contributed by atoms with E-state index in [1.165, 1.54) is 0 Å². The highest BCUT2D eigenvalue weighted by molar-refractivity contribution is 9.10. The third kappa shape index (κ3) is 4.00. The molecule has 0 radical (unpaired) electrons. The van der Waals surface area contributed by atoms with Gasteiger partial charge in [0.1, 0.15) is 5.76 Å². The van der Waals surface area contributed by atoms with E-state index in [9.17, 15) is 4.79 Å². The fourth-order valence-corrected chi connectivity index (χ4v) is 3.98. The van der Waals surface area contributed by atoms with Crippen LogP contribution in [0.25, 0.3) is 11.5 Å². The van der Waals surface area contributed by atoms with Crippen molar-refractivity contribution in [2.45, 2.75) is 32.1 Å². The van der Waals surface area contributed by atoms with Crippen molar-refractivity contribution in [2.24, 2.45) is 0 Å². The maximum atomic E-state index is 13.5. The normalized spacial score (nSPS) is 15.8. The van der Waals surface area contributed by atoms with Crippen molar-refractivity contribution in [2.75, 3.05) is 18.5 Å². The summed E-state index contributed by atoms with van der Waals surface area (Å²) in [7, 11) is 0. The van der Waals surface area contributed by atoms with Crippen LogP contribution in [0.2, 0.25) is 0 Å². The number of benzene rings is 2. The van der Waals surface area contributed by atoms with Gasteiger partial charge in [-0.05, 0) is 62.6 Å². The zero-order chi connectivity index (χ0) is 20.4. The minimum Gasteiger partial charge on any atom is -0.441 e. The van der Waals surface area contributed by atoms with E-state index in [-0.39, 0.29) is 5.91 Å². The van der Waals surface area contributed by atoms with Crippen LogP contribution in [0.4, 0.5) is 5.69 Å². The first-order valence-corrected chi connectivity index (χ1v) is 10.5. The molecule has 1 aromatic heterocycles. The summed E-state index contributed by atoms with van der Waals surface area (Å²) >= 11 is 3.47. The first-order valence-electron chi connectivity index (χ1n) is 9.68. The van der Waals surface area contributed by atoms with Crippen LogP contribution in [0.3, 0.4) is 0 Å².